The molecule has 1 aromatic heterocycles. The summed E-state index contributed by atoms with van der Waals surface area (Å²) in [4.78, 5) is 3.83. The third-order valence-electron chi connectivity index (χ3n) is 2.51. The van der Waals surface area contributed by atoms with Gasteiger partial charge in [0, 0.05) is 0 Å². The number of ether oxygens (including phenoxy) is 1. The Morgan fingerprint density at radius 2 is 2.00 bits per heavy atom. The van der Waals surface area contributed by atoms with Gasteiger partial charge in [-0.2, -0.15) is 13.8 Å². The lowest BCUT2D eigenvalue weighted by molar-refractivity contribution is -0.168. The van der Waals surface area contributed by atoms with E-state index in [-0.39, 0.29) is 18.1 Å². The molecule has 1 atom stereocenters. The van der Waals surface area contributed by atoms with Crippen LogP contribution in [0.3, 0.4) is 0 Å². The first-order valence-corrected chi connectivity index (χ1v) is 6.44. The number of aliphatic hydroxyl groups is 1. The van der Waals surface area contributed by atoms with Crippen molar-refractivity contribution in [3.05, 3.63) is 11.7 Å². The van der Waals surface area contributed by atoms with Crippen LogP contribution in [0.25, 0.3) is 0 Å². The van der Waals surface area contributed by atoms with E-state index in [1.807, 2.05) is 13.8 Å². The third kappa shape index (κ3) is 6.38. The summed E-state index contributed by atoms with van der Waals surface area (Å²) in [5, 5.41) is 13.1. The van der Waals surface area contributed by atoms with Gasteiger partial charge in [-0.3, -0.25) is 0 Å². The second kappa shape index (κ2) is 7.69. The maximum Gasteiger partial charge on any atom is 0.330 e. The number of halogens is 4. The molecule has 0 bridgehead atoms. The van der Waals surface area contributed by atoms with Crippen molar-refractivity contribution >= 4 is 0 Å². The molecular weight excluding hydrogens is 296 g/mol. The second-order valence-corrected chi connectivity index (χ2v) is 5.15. The second-order valence-electron chi connectivity index (χ2n) is 5.15. The monoisotopic (exact) mass is 314 g/mol. The summed E-state index contributed by atoms with van der Waals surface area (Å²) < 4.78 is 58.2. The van der Waals surface area contributed by atoms with Crippen molar-refractivity contribution in [3.8, 4) is 0 Å². The van der Waals surface area contributed by atoms with E-state index in [2.05, 4.69) is 14.9 Å². The van der Waals surface area contributed by atoms with Gasteiger partial charge in [0.05, 0.1) is 12.5 Å². The minimum atomic E-state index is -4.21. The Morgan fingerprint density at radius 3 is 2.57 bits per heavy atom. The van der Waals surface area contributed by atoms with Gasteiger partial charge in [-0.15, -0.1) is 0 Å². The number of alkyl halides is 4. The van der Waals surface area contributed by atoms with Gasteiger partial charge in [-0.1, -0.05) is 19.0 Å². The molecule has 0 aliphatic heterocycles. The third-order valence-corrected chi connectivity index (χ3v) is 2.51. The predicted octanol–water partition coefficient (Wildman–Crippen LogP) is 2.44. The van der Waals surface area contributed by atoms with Gasteiger partial charge in [0.2, 0.25) is 5.89 Å². The van der Waals surface area contributed by atoms with Gasteiger partial charge in [-0.05, 0) is 12.3 Å². The molecule has 1 rings (SSSR count). The van der Waals surface area contributed by atoms with Crippen molar-refractivity contribution in [2.45, 2.75) is 51.7 Å². The fraction of sp³-hybridized carbons (Fsp3) is 0.833. The normalized spacial score (nSPS) is 14.1. The van der Waals surface area contributed by atoms with Crippen molar-refractivity contribution in [3.63, 3.8) is 0 Å². The molecule has 0 aromatic carbocycles. The fourth-order valence-corrected chi connectivity index (χ4v) is 1.60. The number of hydrogen-bond donors (Lipinski definition) is 1. The first kappa shape index (κ1) is 17.8. The van der Waals surface area contributed by atoms with Gasteiger partial charge in [0.1, 0.15) is 13.2 Å². The largest absolute Gasteiger partial charge is 0.393 e. The van der Waals surface area contributed by atoms with E-state index < -0.39 is 31.7 Å². The van der Waals surface area contributed by atoms with Crippen LogP contribution in [-0.2, 0) is 17.8 Å². The highest BCUT2D eigenvalue weighted by molar-refractivity contribution is 4.87. The lowest BCUT2D eigenvalue weighted by Crippen LogP contribution is -2.32. The molecule has 1 N–H and O–H groups in total. The van der Waals surface area contributed by atoms with E-state index in [0.29, 0.717) is 12.3 Å². The SMILES string of the molecule is CC(C)CC(O)Cc1nc(COCC(F)(F)C(F)F)no1. The molecule has 1 aromatic rings. The van der Waals surface area contributed by atoms with E-state index in [1.165, 1.54) is 0 Å². The number of aliphatic hydroxyl groups excluding tert-OH is 1. The zero-order valence-electron chi connectivity index (χ0n) is 11.7. The average Bonchev–Trinajstić information content (AvgIpc) is 2.74. The molecule has 0 saturated heterocycles. The van der Waals surface area contributed by atoms with Crippen LogP contribution in [-0.4, -0.2) is 40.3 Å². The molecule has 0 aliphatic carbocycles. The van der Waals surface area contributed by atoms with Crippen molar-refractivity contribution in [1.29, 1.82) is 0 Å². The Morgan fingerprint density at radius 1 is 1.33 bits per heavy atom. The highest BCUT2D eigenvalue weighted by Gasteiger charge is 2.41. The zero-order valence-corrected chi connectivity index (χ0v) is 11.7. The first-order valence-electron chi connectivity index (χ1n) is 6.44. The number of aromatic nitrogens is 2. The summed E-state index contributed by atoms with van der Waals surface area (Å²) in [6.07, 6.45) is -3.75. The summed E-state index contributed by atoms with van der Waals surface area (Å²) in [6, 6.07) is 0. The van der Waals surface area contributed by atoms with Crippen LogP contribution in [0.15, 0.2) is 4.52 Å². The lowest BCUT2D eigenvalue weighted by Gasteiger charge is -2.14. The molecular formula is C12H18F4N2O3. The van der Waals surface area contributed by atoms with Crippen LogP contribution in [0.2, 0.25) is 0 Å². The predicted molar refractivity (Wildman–Crippen MR) is 64.1 cm³/mol. The maximum absolute atomic E-state index is 12.6. The zero-order chi connectivity index (χ0) is 16.0. The quantitative estimate of drug-likeness (QED) is 0.709. The van der Waals surface area contributed by atoms with Crippen LogP contribution in [0, 0.1) is 5.92 Å². The van der Waals surface area contributed by atoms with Gasteiger partial charge >= 0.3 is 12.3 Å². The summed E-state index contributed by atoms with van der Waals surface area (Å²) >= 11 is 0. The summed E-state index contributed by atoms with van der Waals surface area (Å²) in [5.74, 6) is -3.81. The summed E-state index contributed by atoms with van der Waals surface area (Å²) in [6.45, 7) is 2.00. The standard InChI is InChI=1S/C12H18F4N2O3/c1-7(2)3-8(19)4-10-17-9(18-21-10)5-20-6-12(15,16)11(13)14/h7-8,11,19H,3-6H2,1-2H3. The number of rotatable bonds is 9. The molecule has 1 heterocycles. The smallest absolute Gasteiger partial charge is 0.330 e. The Kier molecular flexibility index (Phi) is 6.53. The van der Waals surface area contributed by atoms with E-state index in [0.717, 1.165) is 0 Å². The minimum absolute atomic E-state index is 0.0354. The lowest BCUT2D eigenvalue weighted by atomic mass is 10.0. The van der Waals surface area contributed by atoms with Gasteiger partial charge in [0.15, 0.2) is 5.82 Å². The van der Waals surface area contributed by atoms with Crippen LogP contribution >= 0.6 is 0 Å². The van der Waals surface area contributed by atoms with E-state index in [9.17, 15) is 22.7 Å². The fourth-order valence-electron chi connectivity index (χ4n) is 1.60. The Hall–Kier alpha value is -1.22. The van der Waals surface area contributed by atoms with Crippen LogP contribution < -0.4 is 0 Å². The minimum Gasteiger partial charge on any atom is -0.393 e. The van der Waals surface area contributed by atoms with Crippen LogP contribution in [0.5, 0.6) is 0 Å². The van der Waals surface area contributed by atoms with E-state index in [4.69, 9.17) is 4.52 Å². The molecule has 21 heavy (non-hydrogen) atoms. The topological polar surface area (TPSA) is 68.4 Å². The number of nitrogens with zero attached hydrogens (tertiary/aromatic N) is 2. The molecule has 0 radical (unpaired) electrons. The molecule has 122 valence electrons. The van der Waals surface area contributed by atoms with Gasteiger partial charge in [-0.25, -0.2) is 8.78 Å². The molecule has 0 amide bonds. The van der Waals surface area contributed by atoms with Crippen molar-refractivity contribution < 1.29 is 31.9 Å². The average molecular weight is 314 g/mol. The summed E-state index contributed by atoms with van der Waals surface area (Å²) in [7, 11) is 0. The van der Waals surface area contributed by atoms with Crippen molar-refractivity contribution in [2.24, 2.45) is 5.92 Å². The molecule has 5 nitrogen and oxygen atoms in total. The molecule has 0 aliphatic rings. The molecule has 0 saturated carbocycles. The first-order chi connectivity index (χ1) is 9.70. The highest BCUT2D eigenvalue weighted by Crippen LogP contribution is 2.23. The number of hydrogen-bond acceptors (Lipinski definition) is 5. The van der Waals surface area contributed by atoms with Gasteiger partial charge < -0.3 is 14.4 Å². The molecule has 0 fully saturated rings. The Bertz CT molecular complexity index is 426. The Labute approximate surface area is 119 Å². The van der Waals surface area contributed by atoms with E-state index in [1.54, 1.807) is 0 Å². The van der Waals surface area contributed by atoms with Crippen molar-refractivity contribution in [2.75, 3.05) is 6.61 Å². The molecule has 9 heteroatoms. The van der Waals surface area contributed by atoms with E-state index >= 15 is 0 Å². The van der Waals surface area contributed by atoms with Gasteiger partial charge in [0.25, 0.3) is 0 Å². The van der Waals surface area contributed by atoms with Crippen LogP contribution in [0.1, 0.15) is 32.0 Å². The summed E-state index contributed by atoms with van der Waals surface area (Å²) in [5.41, 5.74) is 0. The molecule has 0 spiro atoms. The maximum atomic E-state index is 12.6. The van der Waals surface area contributed by atoms with Crippen LogP contribution in [0.4, 0.5) is 17.6 Å². The van der Waals surface area contributed by atoms with Crippen molar-refractivity contribution in [1.82, 2.24) is 10.1 Å². The molecule has 1 unspecified atom stereocenters. The Balaban J connectivity index is 2.38. The highest BCUT2D eigenvalue weighted by atomic mass is 19.3.